The van der Waals surface area contributed by atoms with Gasteiger partial charge in [-0.15, -0.1) is 0 Å². The Bertz CT molecular complexity index is 853. The summed E-state index contributed by atoms with van der Waals surface area (Å²) in [6, 6.07) is 4.82. The van der Waals surface area contributed by atoms with Crippen molar-refractivity contribution >= 4 is 29.6 Å². The quantitative estimate of drug-likeness (QED) is 0.652. The molecule has 2 aliphatic heterocycles. The third kappa shape index (κ3) is 4.30. The molecule has 1 aromatic carbocycles. The molecule has 0 spiro atoms. The Morgan fingerprint density at radius 2 is 1.81 bits per heavy atom. The summed E-state index contributed by atoms with van der Waals surface area (Å²) in [6.07, 6.45) is 4.43. The van der Waals surface area contributed by atoms with Crippen molar-refractivity contribution in [3.63, 3.8) is 0 Å². The number of imide groups is 1. The summed E-state index contributed by atoms with van der Waals surface area (Å²) in [7, 11) is 0. The van der Waals surface area contributed by atoms with Crippen molar-refractivity contribution in [1.82, 2.24) is 20.4 Å². The Labute approximate surface area is 186 Å². The number of nitrogens with zero attached hydrogens (tertiary/aromatic N) is 2. The van der Waals surface area contributed by atoms with Crippen molar-refractivity contribution in [3.8, 4) is 0 Å². The smallest absolute Gasteiger partial charge is 0.325 e. The zero-order valence-corrected chi connectivity index (χ0v) is 18.6. The highest BCUT2D eigenvalue weighted by molar-refractivity contribution is 7.99. The van der Waals surface area contributed by atoms with Crippen LogP contribution in [0.5, 0.6) is 0 Å². The van der Waals surface area contributed by atoms with E-state index in [2.05, 4.69) is 15.5 Å². The van der Waals surface area contributed by atoms with Gasteiger partial charge in [0.2, 0.25) is 5.91 Å². The molecule has 4 amide bonds. The first-order valence-electron chi connectivity index (χ1n) is 10.8. The topological polar surface area (TPSA) is 81.8 Å². The Morgan fingerprint density at radius 1 is 1.16 bits per heavy atom. The lowest BCUT2D eigenvalue weighted by Gasteiger charge is -2.43. The van der Waals surface area contributed by atoms with Gasteiger partial charge in [-0.25, -0.2) is 9.18 Å². The number of amides is 4. The van der Waals surface area contributed by atoms with E-state index in [0.717, 1.165) is 55.2 Å². The van der Waals surface area contributed by atoms with Crippen LogP contribution in [0.15, 0.2) is 24.3 Å². The second-order valence-electron chi connectivity index (χ2n) is 8.76. The molecule has 1 unspecified atom stereocenters. The fourth-order valence-electron chi connectivity index (χ4n) is 4.96. The number of nitrogens with one attached hydrogen (secondary N) is 2. The Hall–Kier alpha value is -2.13. The number of hydrogen-bond donors (Lipinski definition) is 2. The lowest BCUT2D eigenvalue weighted by atomic mass is 9.92. The zero-order chi connectivity index (χ0) is 22.1. The van der Waals surface area contributed by atoms with Crippen LogP contribution in [0.3, 0.4) is 0 Å². The van der Waals surface area contributed by atoms with Crippen molar-refractivity contribution in [2.75, 3.05) is 37.7 Å². The number of carbonyl (C=O) groups is 3. The Kier molecular flexibility index (Phi) is 6.25. The molecule has 31 heavy (non-hydrogen) atoms. The van der Waals surface area contributed by atoms with Gasteiger partial charge in [0.05, 0.1) is 0 Å². The monoisotopic (exact) mass is 448 g/mol. The molecule has 1 atom stereocenters. The predicted molar refractivity (Wildman–Crippen MR) is 117 cm³/mol. The largest absolute Gasteiger partial charge is 0.353 e. The van der Waals surface area contributed by atoms with Gasteiger partial charge in [-0.2, -0.15) is 11.8 Å². The van der Waals surface area contributed by atoms with Crippen molar-refractivity contribution < 1.29 is 18.8 Å². The number of thioether (sulfide) groups is 1. The maximum atomic E-state index is 13.3. The molecule has 168 valence electrons. The fraction of sp³-hybridized carbons (Fsp3) is 0.591. The lowest BCUT2D eigenvalue weighted by Crippen LogP contribution is -2.57. The van der Waals surface area contributed by atoms with Crippen LogP contribution >= 0.6 is 11.8 Å². The molecular formula is C22H29FN4O3S. The first-order valence-corrected chi connectivity index (χ1v) is 12.0. The van der Waals surface area contributed by atoms with Gasteiger partial charge in [0.15, 0.2) is 0 Å². The highest BCUT2D eigenvalue weighted by Gasteiger charge is 2.49. The minimum absolute atomic E-state index is 0.0173. The molecule has 1 saturated carbocycles. The summed E-state index contributed by atoms with van der Waals surface area (Å²) in [5.41, 5.74) is -0.859. The number of hydrogen-bond acceptors (Lipinski definition) is 5. The molecule has 3 fully saturated rings. The minimum Gasteiger partial charge on any atom is -0.353 e. The lowest BCUT2D eigenvalue weighted by molar-refractivity contribution is -0.135. The second kappa shape index (κ2) is 8.78. The number of urea groups is 1. The number of halogens is 1. The van der Waals surface area contributed by atoms with Gasteiger partial charge < -0.3 is 10.6 Å². The Morgan fingerprint density at radius 3 is 2.45 bits per heavy atom. The van der Waals surface area contributed by atoms with Crippen molar-refractivity contribution in [1.29, 1.82) is 0 Å². The summed E-state index contributed by atoms with van der Waals surface area (Å²) in [4.78, 5) is 41.6. The molecule has 4 rings (SSSR count). The summed E-state index contributed by atoms with van der Waals surface area (Å²) in [5.74, 6) is 0.946. The van der Waals surface area contributed by atoms with Gasteiger partial charge in [0, 0.05) is 36.7 Å². The van der Waals surface area contributed by atoms with Gasteiger partial charge in [-0.1, -0.05) is 25.0 Å². The van der Waals surface area contributed by atoms with Crippen molar-refractivity contribution in [3.05, 3.63) is 35.6 Å². The first-order chi connectivity index (χ1) is 14.8. The van der Waals surface area contributed by atoms with Gasteiger partial charge in [-0.3, -0.25) is 19.4 Å². The SMILES string of the molecule is CC1(c2ccc(F)cc2)NC(=O)N(CC(=O)NCC2(N3CCSCC3)CCCC2)C1=O. The van der Waals surface area contributed by atoms with E-state index in [1.807, 2.05) is 11.8 Å². The van der Waals surface area contributed by atoms with E-state index in [1.165, 1.54) is 24.3 Å². The van der Waals surface area contributed by atoms with Crippen LogP contribution in [0, 0.1) is 5.82 Å². The van der Waals surface area contributed by atoms with Crippen LogP contribution in [0.1, 0.15) is 38.2 Å². The predicted octanol–water partition coefficient (Wildman–Crippen LogP) is 2.07. The van der Waals surface area contributed by atoms with Crippen molar-refractivity contribution in [2.45, 2.75) is 43.7 Å². The zero-order valence-electron chi connectivity index (χ0n) is 17.8. The average Bonchev–Trinajstić information content (AvgIpc) is 3.34. The third-order valence-electron chi connectivity index (χ3n) is 6.83. The summed E-state index contributed by atoms with van der Waals surface area (Å²) in [5, 5.41) is 5.65. The van der Waals surface area contributed by atoms with Crippen LogP contribution in [0.25, 0.3) is 0 Å². The molecular weight excluding hydrogens is 419 g/mol. The summed E-state index contributed by atoms with van der Waals surface area (Å²) >= 11 is 1.96. The van der Waals surface area contributed by atoms with Gasteiger partial charge >= 0.3 is 6.03 Å². The number of benzene rings is 1. The van der Waals surface area contributed by atoms with Crippen molar-refractivity contribution in [2.24, 2.45) is 0 Å². The molecule has 9 heteroatoms. The van der Waals surface area contributed by atoms with Gasteiger partial charge in [0.25, 0.3) is 5.91 Å². The van der Waals surface area contributed by atoms with Crippen LogP contribution < -0.4 is 10.6 Å². The highest BCUT2D eigenvalue weighted by Crippen LogP contribution is 2.36. The molecule has 2 saturated heterocycles. The number of rotatable bonds is 6. The van der Waals surface area contributed by atoms with E-state index < -0.39 is 23.3 Å². The van der Waals surface area contributed by atoms with Crippen LogP contribution in [-0.4, -0.2) is 70.9 Å². The average molecular weight is 449 g/mol. The first kappa shape index (κ1) is 22.1. The maximum absolute atomic E-state index is 13.3. The molecule has 1 aliphatic carbocycles. The standard InChI is InChI=1S/C22H29FN4O3S/c1-21(16-4-6-17(23)7-5-16)19(29)27(20(30)25-21)14-18(28)24-15-22(8-2-3-9-22)26-10-12-31-13-11-26/h4-7H,2-3,8-15H2,1H3,(H,24,28)(H,25,30). The molecule has 0 bridgehead atoms. The summed E-state index contributed by atoms with van der Waals surface area (Å²) in [6.45, 7) is 3.84. The van der Waals surface area contributed by atoms with E-state index in [4.69, 9.17) is 0 Å². The van der Waals surface area contributed by atoms with E-state index in [0.29, 0.717) is 12.1 Å². The molecule has 0 aromatic heterocycles. The van der Waals surface area contributed by atoms with E-state index >= 15 is 0 Å². The normalized spacial score (nSPS) is 26.2. The number of carbonyl (C=O) groups excluding carboxylic acids is 3. The van der Waals surface area contributed by atoms with Crippen LogP contribution in [0.4, 0.5) is 9.18 Å². The summed E-state index contributed by atoms with van der Waals surface area (Å²) < 4.78 is 13.3. The van der Waals surface area contributed by atoms with Crippen LogP contribution in [-0.2, 0) is 15.1 Å². The molecule has 7 nitrogen and oxygen atoms in total. The Balaban J connectivity index is 1.39. The van der Waals surface area contributed by atoms with E-state index in [-0.39, 0.29) is 18.0 Å². The molecule has 2 N–H and O–H groups in total. The highest BCUT2D eigenvalue weighted by atomic mass is 32.2. The molecule has 0 radical (unpaired) electrons. The molecule has 2 heterocycles. The molecule has 1 aromatic rings. The van der Waals surface area contributed by atoms with Gasteiger partial charge in [-0.05, 0) is 37.5 Å². The minimum atomic E-state index is -1.32. The van der Waals surface area contributed by atoms with E-state index in [1.54, 1.807) is 6.92 Å². The third-order valence-corrected chi connectivity index (χ3v) is 7.77. The fourth-order valence-corrected chi connectivity index (χ4v) is 5.86. The second-order valence-corrected chi connectivity index (χ2v) is 9.99. The maximum Gasteiger partial charge on any atom is 0.325 e. The van der Waals surface area contributed by atoms with Gasteiger partial charge in [0.1, 0.15) is 17.9 Å². The molecule has 3 aliphatic rings. The van der Waals surface area contributed by atoms with E-state index in [9.17, 15) is 18.8 Å². The van der Waals surface area contributed by atoms with Crippen LogP contribution in [0.2, 0.25) is 0 Å².